The maximum Gasteiger partial charge on any atom is 0.162 e. The molecule has 4 heteroatoms. The standard InChI is InChI=1S/C17H18ClNO2/c1-11-5-2-3-6-12(11)17(19)13-9-15-16(10-14(13)18)21-8-4-7-20-15/h2-3,5-6,9-10,17H,4,7-8,19H2,1H3. The Kier molecular flexibility index (Phi) is 4.04. The number of benzene rings is 2. The van der Waals surface area contributed by atoms with E-state index in [0.717, 1.165) is 28.9 Å². The van der Waals surface area contributed by atoms with Crippen LogP contribution in [-0.4, -0.2) is 13.2 Å². The molecule has 0 fully saturated rings. The number of nitrogens with two attached hydrogens (primary N) is 1. The van der Waals surface area contributed by atoms with Crippen molar-refractivity contribution >= 4 is 11.6 Å². The number of fused-ring (bicyclic) bond motifs is 1. The molecule has 21 heavy (non-hydrogen) atoms. The van der Waals surface area contributed by atoms with Crippen LogP contribution in [0, 0.1) is 6.92 Å². The molecule has 0 spiro atoms. The normalized spacial score (nSPS) is 15.4. The van der Waals surface area contributed by atoms with Gasteiger partial charge in [0.25, 0.3) is 0 Å². The first-order valence-corrected chi connectivity index (χ1v) is 7.45. The Morgan fingerprint density at radius 2 is 1.71 bits per heavy atom. The largest absolute Gasteiger partial charge is 0.490 e. The Morgan fingerprint density at radius 1 is 1.05 bits per heavy atom. The number of hydrogen-bond acceptors (Lipinski definition) is 3. The molecule has 110 valence electrons. The lowest BCUT2D eigenvalue weighted by atomic mass is 9.95. The fourth-order valence-electron chi connectivity index (χ4n) is 2.54. The maximum atomic E-state index is 6.41. The van der Waals surface area contributed by atoms with Crippen molar-refractivity contribution in [2.24, 2.45) is 5.73 Å². The van der Waals surface area contributed by atoms with Gasteiger partial charge in [0.15, 0.2) is 11.5 Å². The third-order valence-electron chi connectivity index (χ3n) is 3.73. The fraction of sp³-hybridized carbons (Fsp3) is 0.294. The lowest BCUT2D eigenvalue weighted by Crippen LogP contribution is -2.14. The van der Waals surface area contributed by atoms with Crippen LogP contribution in [0.4, 0.5) is 0 Å². The van der Waals surface area contributed by atoms with Gasteiger partial charge in [-0.1, -0.05) is 35.9 Å². The van der Waals surface area contributed by atoms with Crippen molar-refractivity contribution < 1.29 is 9.47 Å². The Bertz CT molecular complexity index is 657. The van der Waals surface area contributed by atoms with Gasteiger partial charge in [-0.15, -0.1) is 0 Å². The third-order valence-corrected chi connectivity index (χ3v) is 4.05. The Labute approximate surface area is 129 Å². The highest BCUT2D eigenvalue weighted by atomic mass is 35.5. The molecular weight excluding hydrogens is 286 g/mol. The van der Waals surface area contributed by atoms with Crippen molar-refractivity contribution in [3.8, 4) is 11.5 Å². The van der Waals surface area contributed by atoms with Crippen LogP contribution < -0.4 is 15.2 Å². The van der Waals surface area contributed by atoms with E-state index < -0.39 is 0 Å². The maximum absolute atomic E-state index is 6.41. The first-order valence-electron chi connectivity index (χ1n) is 7.07. The van der Waals surface area contributed by atoms with Crippen molar-refractivity contribution in [1.82, 2.24) is 0 Å². The van der Waals surface area contributed by atoms with Gasteiger partial charge in [-0.3, -0.25) is 0 Å². The minimum atomic E-state index is -0.282. The Balaban J connectivity index is 2.02. The SMILES string of the molecule is Cc1ccccc1C(N)c1cc2c(cc1Cl)OCCCO2. The average molecular weight is 304 g/mol. The van der Waals surface area contributed by atoms with Crippen LogP contribution in [0.2, 0.25) is 5.02 Å². The number of aryl methyl sites for hydroxylation is 1. The highest BCUT2D eigenvalue weighted by Crippen LogP contribution is 2.38. The Hall–Kier alpha value is -1.71. The van der Waals surface area contributed by atoms with Crippen LogP contribution in [0.15, 0.2) is 36.4 Å². The first-order chi connectivity index (χ1) is 10.2. The van der Waals surface area contributed by atoms with Crippen LogP contribution in [0.5, 0.6) is 11.5 Å². The molecule has 0 saturated heterocycles. The lowest BCUT2D eigenvalue weighted by molar-refractivity contribution is 0.297. The van der Waals surface area contributed by atoms with Gasteiger partial charge in [0.05, 0.1) is 19.3 Å². The monoisotopic (exact) mass is 303 g/mol. The molecule has 2 aromatic carbocycles. The molecular formula is C17H18ClNO2. The summed E-state index contributed by atoms with van der Waals surface area (Å²) in [7, 11) is 0. The summed E-state index contributed by atoms with van der Waals surface area (Å²) in [5.41, 5.74) is 9.48. The van der Waals surface area contributed by atoms with Crippen LogP contribution in [0.3, 0.4) is 0 Å². The second-order valence-electron chi connectivity index (χ2n) is 5.21. The van der Waals surface area contributed by atoms with E-state index in [1.807, 2.05) is 37.3 Å². The van der Waals surface area contributed by atoms with Crippen LogP contribution in [0.1, 0.15) is 29.2 Å². The van der Waals surface area contributed by atoms with E-state index >= 15 is 0 Å². The molecule has 1 aliphatic rings. The predicted octanol–water partition coefficient (Wildman–Crippen LogP) is 3.86. The van der Waals surface area contributed by atoms with Gasteiger partial charge in [0.1, 0.15) is 0 Å². The second kappa shape index (κ2) is 5.96. The molecule has 0 bridgehead atoms. The molecule has 0 amide bonds. The first kappa shape index (κ1) is 14.2. The predicted molar refractivity (Wildman–Crippen MR) is 84.3 cm³/mol. The zero-order valence-corrected chi connectivity index (χ0v) is 12.7. The number of halogens is 1. The highest BCUT2D eigenvalue weighted by Gasteiger charge is 2.19. The van der Waals surface area contributed by atoms with Gasteiger partial charge < -0.3 is 15.2 Å². The van der Waals surface area contributed by atoms with E-state index in [-0.39, 0.29) is 6.04 Å². The zero-order valence-electron chi connectivity index (χ0n) is 11.9. The zero-order chi connectivity index (χ0) is 14.8. The second-order valence-corrected chi connectivity index (χ2v) is 5.61. The smallest absolute Gasteiger partial charge is 0.162 e. The van der Waals surface area contributed by atoms with E-state index in [9.17, 15) is 0 Å². The molecule has 0 saturated carbocycles. The molecule has 1 atom stereocenters. The number of hydrogen-bond donors (Lipinski definition) is 1. The third kappa shape index (κ3) is 2.85. The van der Waals surface area contributed by atoms with E-state index in [2.05, 4.69) is 0 Å². The minimum Gasteiger partial charge on any atom is -0.490 e. The van der Waals surface area contributed by atoms with Gasteiger partial charge in [-0.05, 0) is 29.7 Å². The van der Waals surface area contributed by atoms with Crippen molar-refractivity contribution in [3.05, 3.63) is 58.1 Å². The molecule has 0 aromatic heterocycles. The highest BCUT2D eigenvalue weighted by molar-refractivity contribution is 6.31. The molecule has 1 unspecified atom stereocenters. The average Bonchev–Trinajstić information content (AvgIpc) is 2.71. The van der Waals surface area contributed by atoms with Crippen LogP contribution in [-0.2, 0) is 0 Å². The molecule has 2 N–H and O–H groups in total. The molecule has 2 aromatic rings. The molecule has 1 aliphatic heterocycles. The quantitative estimate of drug-likeness (QED) is 0.916. The van der Waals surface area contributed by atoms with Crippen molar-refractivity contribution in [3.63, 3.8) is 0 Å². The fourth-order valence-corrected chi connectivity index (χ4v) is 2.81. The van der Waals surface area contributed by atoms with Gasteiger partial charge in [0, 0.05) is 17.5 Å². The van der Waals surface area contributed by atoms with Crippen molar-refractivity contribution in [1.29, 1.82) is 0 Å². The van der Waals surface area contributed by atoms with Gasteiger partial charge in [0.2, 0.25) is 0 Å². The summed E-state index contributed by atoms with van der Waals surface area (Å²) >= 11 is 6.40. The summed E-state index contributed by atoms with van der Waals surface area (Å²) in [6, 6.07) is 11.5. The van der Waals surface area contributed by atoms with E-state index in [4.69, 9.17) is 26.8 Å². The number of rotatable bonds is 2. The minimum absolute atomic E-state index is 0.282. The van der Waals surface area contributed by atoms with Crippen LogP contribution in [0.25, 0.3) is 0 Å². The molecule has 0 radical (unpaired) electrons. The van der Waals surface area contributed by atoms with Crippen molar-refractivity contribution in [2.75, 3.05) is 13.2 Å². The summed E-state index contributed by atoms with van der Waals surface area (Å²) in [4.78, 5) is 0. The van der Waals surface area contributed by atoms with E-state index in [1.54, 1.807) is 6.07 Å². The van der Waals surface area contributed by atoms with E-state index in [1.165, 1.54) is 0 Å². The van der Waals surface area contributed by atoms with E-state index in [0.29, 0.717) is 24.0 Å². The van der Waals surface area contributed by atoms with Crippen molar-refractivity contribution in [2.45, 2.75) is 19.4 Å². The molecule has 0 aliphatic carbocycles. The summed E-state index contributed by atoms with van der Waals surface area (Å²) in [5, 5.41) is 0.606. The van der Waals surface area contributed by atoms with Gasteiger partial charge >= 0.3 is 0 Å². The van der Waals surface area contributed by atoms with Crippen LogP contribution >= 0.6 is 11.6 Å². The summed E-state index contributed by atoms with van der Waals surface area (Å²) < 4.78 is 11.4. The molecule has 3 rings (SSSR count). The molecule has 3 nitrogen and oxygen atoms in total. The van der Waals surface area contributed by atoms with Gasteiger partial charge in [-0.25, -0.2) is 0 Å². The Morgan fingerprint density at radius 3 is 2.43 bits per heavy atom. The summed E-state index contributed by atoms with van der Waals surface area (Å²) in [6.45, 7) is 3.34. The number of ether oxygens (including phenoxy) is 2. The lowest BCUT2D eigenvalue weighted by Gasteiger charge is -2.18. The molecule has 1 heterocycles. The summed E-state index contributed by atoms with van der Waals surface area (Å²) in [6.07, 6.45) is 0.867. The topological polar surface area (TPSA) is 44.5 Å². The van der Waals surface area contributed by atoms with Gasteiger partial charge in [-0.2, -0.15) is 0 Å². The summed E-state index contributed by atoms with van der Waals surface area (Å²) in [5.74, 6) is 1.41.